The molecule has 100 valence electrons. The fourth-order valence-corrected chi connectivity index (χ4v) is 2.71. The van der Waals surface area contributed by atoms with Gasteiger partial charge >= 0.3 is 0 Å². The molecule has 2 N–H and O–H groups in total. The Morgan fingerprint density at radius 3 is 2.50 bits per heavy atom. The van der Waals surface area contributed by atoms with Crippen LogP contribution in [0.4, 0.5) is 8.78 Å². The summed E-state index contributed by atoms with van der Waals surface area (Å²) >= 11 is 0. The molecule has 0 spiro atoms. The lowest BCUT2D eigenvalue weighted by Gasteiger charge is -2.38. The Kier molecular flexibility index (Phi) is 3.43. The van der Waals surface area contributed by atoms with Crippen LogP contribution in [0.5, 0.6) is 0 Å². The van der Waals surface area contributed by atoms with Gasteiger partial charge in [0.15, 0.2) is 0 Å². The second kappa shape index (κ2) is 4.59. The first-order valence-electron chi connectivity index (χ1n) is 6.28. The molecule has 2 rings (SSSR count). The molecule has 4 heteroatoms. The monoisotopic (exact) mass is 254 g/mol. The largest absolute Gasteiger partial charge is 0.326 e. The summed E-state index contributed by atoms with van der Waals surface area (Å²) in [6.45, 7) is 7.09. The minimum Gasteiger partial charge on any atom is -0.326 e. The van der Waals surface area contributed by atoms with Gasteiger partial charge in [-0.05, 0) is 33.3 Å². The molecule has 0 radical (unpaired) electrons. The van der Waals surface area contributed by atoms with E-state index in [-0.39, 0.29) is 17.6 Å². The Bertz CT molecular complexity index is 440. The molecule has 0 aliphatic carbocycles. The first-order chi connectivity index (χ1) is 8.30. The highest BCUT2D eigenvalue weighted by Gasteiger charge is 2.39. The summed E-state index contributed by atoms with van der Waals surface area (Å²) in [4.78, 5) is 2.19. The smallest absolute Gasteiger partial charge is 0.130 e. The fraction of sp³-hybridized carbons (Fsp3) is 0.571. The molecule has 0 amide bonds. The van der Waals surface area contributed by atoms with Gasteiger partial charge in [0, 0.05) is 29.8 Å². The van der Waals surface area contributed by atoms with Crippen LogP contribution in [0, 0.1) is 11.6 Å². The normalized spacial score (nSPS) is 25.7. The van der Waals surface area contributed by atoms with Crippen molar-refractivity contribution < 1.29 is 8.78 Å². The molecule has 2 unspecified atom stereocenters. The van der Waals surface area contributed by atoms with Gasteiger partial charge in [-0.2, -0.15) is 0 Å². The Labute approximate surface area is 107 Å². The maximum absolute atomic E-state index is 13.9. The van der Waals surface area contributed by atoms with Crippen LogP contribution in [0.2, 0.25) is 0 Å². The summed E-state index contributed by atoms with van der Waals surface area (Å²) in [5.74, 6) is -1.06. The Hall–Kier alpha value is -1.00. The highest BCUT2D eigenvalue weighted by molar-refractivity contribution is 5.25. The minimum atomic E-state index is -0.551. The van der Waals surface area contributed by atoms with Crippen LogP contribution >= 0.6 is 0 Å². The summed E-state index contributed by atoms with van der Waals surface area (Å²) < 4.78 is 26.9. The number of rotatable bonds is 1. The number of likely N-dealkylation sites (tertiary alicyclic amines) is 1. The van der Waals surface area contributed by atoms with Gasteiger partial charge in [-0.25, -0.2) is 8.78 Å². The van der Waals surface area contributed by atoms with Gasteiger partial charge in [-0.3, -0.25) is 4.90 Å². The van der Waals surface area contributed by atoms with Crippen LogP contribution in [0.3, 0.4) is 0 Å². The van der Waals surface area contributed by atoms with E-state index in [4.69, 9.17) is 5.73 Å². The summed E-state index contributed by atoms with van der Waals surface area (Å²) in [5, 5.41) is 0. The number of halogens is 2. The second-order valence-electron chi connectivity index (χ2n) is 5.93. The van der Waals surface area contributed by atoms with Gasteiger partial charge in [-0.15, -0.1) is 0 Å². The van der Waals surface area contributed by atoms with Gasteiger partial charge < -0.3 is 5.73 Å². The van der Waals surface area contributed by atoms with Crippen molar-refractivity contribution in [2.24, 2.45) is 5.73 Å². The molecular formula is C14H20F2N2. The molecule has 0 bridgehead atoms. The quantitative estimate of drug-likeness (QED) is 0.835. The Morgan fingerprint density at radius 1 is 1.28 bits per heavy atom. The average Bonchev–Trinajstić information content (AvgIpc) is 2.60. The van der Waals surface area contributed by atoms with Gasteiger partial charge in [-0.1, -0.05) is 6.07 Å². The lowest BCUT2D eigenvalue weighted by atomic mass is 9.96. The maximum Gasteiger partial charge on any atom is 0.130 e. The molecule has 1 fully saturated rings. The molecule has 0 saturated carbocycles. The lowest BCUT2D eigenvalue weighted by Crippen LogP contribution is -2.43. The molecule has 1 aliphatic heterocycles. The van der Waals surface area contributed by atoms with Crippen LogP contribution in [0.15, 0.2) is 18.2 Å². The van der Waals surface area contributed by atoms with E-state index in [0.29, 0.717) is 5.56 Å². The minimum absolute atomic E-state index is 0.0837. The van der Waals surface area contributed by atoms with Gasteiger partial charge in [0.05, 0.1) is 6.04 Å². The molecule has 1 saturated heterocycles. The van der Waals surface area contributed by atoms with E-state index >= 15 is 0 Å². The molecule has 0 aromatic heterocycles. The van der Waals surface area contributed by atoms with Crippen LogP contribution < -0.4 is 5.73 Å². The summed E-state index contributed by atoms with van der Waals surface area (Å²) in [6, 6.07) is 3.46. The molecule has 2 atom stereocenters. The third kappa shape index (κ3) is 2.40. The van der Waals surface area contributed by atoms with Crippen LogP contribution in [0.1, 0.15) is 38.8 Å². The number of nitrogens with two attached hydrogens (primary N) is 1. The van der Waals surface area contributed by atoms with E-state index in [0.717, 1.165) is 19.0 Å². The van der Waals surface area contributed by atoms with Gasteiger partial charge in [0.2, 0.25) is 0 Å². The van der Waals surface area contributed by atoms with Crippen molar-refractivity contribution in [1.29, 1.82) is 0 Å². The molecule has 1 aromatic carbocycles. The van der Waals surface area contributed by atoms with E-state index < -0.39 is 11.6 Å². The van der Waals surface area contributed by atoms with Crippen molar-refractivity contribution in [3.8, 4) is 0 Å². The van der Waals surface area contributed by atoms with Crippen LogP contribution in [-0.4, -0.2) is 23.0 Å². The third-order valence-corrected chi connectivity index (χ3v) is 3.59. The van der Waals surface area contributed by atoms with Crippen molar-refractivity contribution in [3.05, 3.63) is 35.4 Å². The second-order valence-corrected chi connectivity index (χ2v) is 5.93. The van der Waals surface area contributed by atoms with E-state index in [1.54, 1.807) is 0 Å². The average molecular weight is 254 g/mol. The standard InChI is InChI=1S/C14H20F2N2/c1-14(2,3)18-7-6-12(17)13(18)10-5-4-9(15)8-11(10)16/h4-5,8,12-13H,6-7,17H2,1-3H3. The first kappa shape index (κ1) is 13.4. The summed E-state index contributed by atoms with van der Waals surface area (Å²) in [7, 11) is 0. The molecule has 1 heterocycles. The zero-order valence-electron chi connectivity index (χ0n) is 11.1. The van der Waals surface area contributed by atoms with Crippen molar-refractivity contribution in [2.45, 2.75) is 44.8 Å². The van der Waals surface area contributed by atoms with E-state index in [2.05, 4.69) is 25.7 Å². The van der Waals surface area contributed by atoms with Crippen LogP contribution in [-0.2, 0) is 0 Å². The highest BCUT2D eigenvalue weighted by atomic mass is 19.1. The zero-order chi connectivity index (χ0) is 13.5. The third-order valence-electron chi connectivity index (χ3n) is 3.59. The van der Waals surface area contributed by atoms with Crippen molar-refractivity contribution in [1.82, 2.24) is 4.90 Å². The molecule has 1 aromatic rings. The molecule has 2 nitrogen and oxygen atoms in total. The number of nitrogens with zero attached hydrogens (tertiary/aromatic N) is 1. The van der Waals surface area contributed by atoms with Crippen molar-refractivity contribution >= 4 is 0 Å². The molecular weight excluding hydrogens is 234 g/mol. The predicted octanol–water partition coefficient (Wildman–Crippen LogP) is 2.84. The van der Waals surface area contributed by atoms with Crippen molar-refractivity contribution in [2.75, 3.05) is 6.54 Å². The summed E-state index contributed by atoms with van der Waals surface area (Å²) in [5.41, 5.74) is 6.52. The highest BCUT2D eigenvalue weighted by Crippen LogP contribution is 2.37. The predicted molar refractivity (Wildman–Crippen MR) is 68.2 cm³/mol. The number of hydrogen-bond donors (Lipinski definition) is 1. The van der Waals surface area contributed by atoms with Gasteiger partial charge in [0.1, 0.15) is 11.6 Å². The van der Waals surface area contributed by atoms with Crippen molar-refractivity contribution in [3.63, 3.8) is 0 Å². The molecule has 18 heavy (non-hydrogen) atoms. The van der Waals surface area contributed by atoms with E-state index in [1.165, 1.54) is 12.1 Å². The van der Waals surface area contributed by atoms with Crippen LogP contribution in [0.25, 0.3) is 0 Å². The van der Waals surface area contributed by atoms with E-state index in [9.17, 15) is 8.78 Å². The molecule has 1 aliphatic rings. The maximum atomic E-state index is 13.9. The zero-order valence-corrected chi connectivity index (χ0v) is 11.1. The SMILES string of the molecule is CC(C)(C)N1CCC(N)C1c1ccc(F)cc1F. The topological polar surface area (TPSA) is 29.3 Å². The van der Waals surface area contributed by atoms with Gasteiger partial charge in [0.25, 0.3) is 0 Å². The number of benzene rings is 1. The lowest BCUT2D eigenvalue weighted by molar-refractivity contribution is 0.115. The fourth-order valence-electron chi connectivity index (χ4n) is 2.71. The first-order valence-corrected chi connectivity index (χ1v) is 6.28. The summed E-state index contributed by atoms with van der Waals surface area (Å²) in [6.07, 6.45) is 0.832. The Balaban J connectivity index is 2.40. The Morgan fingerprint density at radius 2 is 1.94 bits per heavy atom. The van der Waals surface area contributed by atoms with E-state index in [1.807, 2.05) is 0 Å². The number of hydrogen-bond acceptors (Lipinski definition) is 2.